The van der Waals surface area contributed by atoms with Crippen LogP contribution in [0, 0.1) is 13.8 Å². The minimum Gasteiger partial charge on any atom is -0.493 e. The van der Waals surface area contributed by atoms with Crippen LogP contribution in [0.15, 0.2) is 48.5 Å². The Morgan fingerprint density at radius 3 is 2.46 bits per heavy atom. The van der Waals surface area contributed by atoms with Crippen molar-refractivity contribution in [3.8, 4) is 5.75 Å². The average Bonchev–Trinajstić information content (AvgIpc) is 2.57. The predicted octanol–water partition coefficient (Wildman–Crippen LogP) is 2.42. The van der Waals surface area contributed by atoms with Crippen molar-refractivity contribution in [1.82, 2.24) is 5.32 Å². The number of hydrogen-bond donors (Lipinski definition) is 2. The normalized spacial score (nSPS) is 11.6. The monoisotopic (exact) mass is 326 g/mol. The second kappa shape index (κ2) is 8.15. The first-order valence-corrected chi connectivity index (χ1v) is 7.81. The maximum atomic E-state index is 12.1. The van der Waals surface area contributed by atoms with E-state index in [9.17, 15) is 9.59 Å². The molecule has 0 radical (unpaired) electrons. The molecule has 0 saturated carbocycles. The number of nitrogens with one attached hydrogen (secondary N) is 1. The molecule has 2 rings (SSSR count). The minimum absolute atomic E-state index is 0.143. The highest BCUT2D eigenvalue weighted by Crippen LogP contribution is 2.20. The smallest absolute Gasteiger partial charge is 0.244 e. The third-order valence-electron chi connectivity index (χ3n) is 3.86. The zero-order valence-corrected chi connectivity index (χ0v) is 13.9. The number of benzene rings is 2. The first-order valence-electron chi connectivity index (χ1n) is 7.81. The van der Waals surface area contributed by atoms with E-state index in [0.717, 1.165) is 16.9 Å². The number of rotatable bonds is 7. The zero-order valence-electron chi connectivity index (χ0n) is 13.9. The molecular weight excluding hydrogens is 304 g/mol. The van der Waals surface area contributed by atoms with Gasteiger partial charge in [0.2, 0.25) is 11.8 Å². The van der Waals surface area contributed by atoms with Crippen LogP contribution in [0.5, 0.6) is 5.75 Å². The fourth-order valence-corrected chi connectivity index (χ4v) is 2.33. The molecule has 0 saturated heterocycles. The van der Waals surface area contributed by atoms with Crippen molar-refractivity contribution in [3.05, 3.63) is 65.2 Å². The van der Waals surface area contributed by atoms with Crippen LogP contribution in [0.1, 0.15) is 29.2 Å². The standard InChI is InChI=1S/C19H22N2O3/c1-13-7-6-10-16(14(13)2)24-12-11-17(22)21-18(19(20)23)15-8-4-3-5-9-15/h3-10,18H,11-12H2,1-2H3,(H2,20,23)(H,21,22). The number of aryl methyl sites for hydroxylation is 1. The van der Waals surface area contributed by atoms with Gasteiger partial charge in [0.15, 0.2) is 0 Å². The van der Waals surface area contributed by atoms with Crippen LogP contribution >= 0.6 is 0 Å². The van der Waals surface area contributed by atoms with Crippen LogP contribution in [-0.2, 0) is 9.59 Å². The Labute approximate surface area is 141 Å². The maximum absolute atomic E-state index is 12.1. The second-order valence-corrected chi connectivity index (χ2v) is 5.61. The van der Waals surface area contributed by atoms with E-state index in [4.69, 9.17) is 10.5 Å². The van der Waals surface area contributed by atoms with Crippen LogP contribution in [0.3, 0.4) is 0 Å². The molecule has 2 aromatic carbocycles. The van der Waals surface area contributed by atoms with Gasteiger partial charge >= 0.3 is 0 Å². The predicted molar refractivity (Wildman–Crippen MR) is 92.5 cm³/mol. The fourth-order valence-electron chi connectivity index (χ4n) is 2.33. The molecule has 0 aliphatic heterocycles. The summed E-state index contributed by atoms with van der Waals surface area (Å²) in [6.07, 6.45) is 0.143. The Morgan fingerprint density at radius 2 is 1.79 bits per heavy atom. The molecule has 1 unspecified atom stereocenters. The van der Waals surface area contributed by atoms with Gasteiger partial charge in [0.05, 0.1) is 13.0 Å². The van der Waals surface area contributed by atoms with Gasteiger partial charge < -0.3 is 15.8 Å². The van der Waals surface area contributed by atoms with Crippen molar-refractivity contribution in [1.29, 1.82) is 0 Å². The van der Waals surface area contributed by atoms with Crippen LogP contribution in [0.4, 0.5) is 0 Å². The Morgan fingerprint density at radius 1 is 1.08 bits per heavy atom. The molecule has 24 heavy (non-hydrogen) atoms. The van der Waals surface area contributed by atoms with E-state index in [1.54, 1.807) is 24.3 Å². The first-order chi connectivity index (χ1) is 11.5. The van der Waals surface area contributed by atoms with Gasteiger partial charge in [-0.25, -0.2) is 0 Å². The second-order valence-electron chi connectivity index (χ2n) is 5.61. The number of ether oxygens (including phenoxy) is 1. The molecule has 0 aliphatic carbocycles. The molecule has 3 N–H and O–H groups in total. The quantitative estimate of drug-likeness (QED) is 0.820. The van der Waals surface area contributed by atoms with Crippen molar-refractivity contribution >= 4 is 11.8 Å². The summed E-state index contributed by atoms with van der Waals surface area (Å²) in [7, 11) is 0. The van der Waals surface area contributed by atoms with Crippen LogP contribution in [0.25, 0.3) is 0 Å². The highest BCUT2D eigenvalue weighted by Gasteiger charge is 2.19. The largest absolute Gasteiger partial charge is 0.493 e. The summed E-state index contributed by atoms with van der Waals surface area (Å²) >= 11 is 0. The molecule has 0 heterocycles. The van der Waals surface area contributed by atoms with Crippen molar-refractivity contribution in [2.75, 3.05) is 6.61 Å². The molecule has 5 heteroatoms. The van der Waals surface area contributed by atoms with E-state index < -0.39 is 11.9 Å². The highest BCUT2D eigenvalue weighted by molar-refractivity contribution is 5.87. The van der Waals surface area contributed by atoms with E-state index in [0.29, 0.717) is 5.56 Å². The van der Waals surface area contributed by atoms with Crippen molar-refractivity contribution in [2.45, 2.75) is 26.3 Å². The lowest BCUT2D eigenvalue weighted by Gasteiger charge is -2.16. The van der Waals surface area contributed by atoms with Crippen molar-refractivity contribution < 1.29 is 14.3 Å². The number of nitrogens with two attached hydrogens (primary N) is 1. The summed E-state index contributed by atoms with van der Waals surface area (Å²) < 4.78 is 5.66. The van der Waals surface area contributed by atoms with E-state index in [2.05, 4.69) is 5.32 Å². The Bertz CT molecular complexity index is 714. The summed E-state index contributed by atoms with van der Waals surface area (Å²) in [5, 5.41) is 2.65. The molecule has 2 aromatic rings. The lowest BCUT2D eigenvalue weighted by molar-refractivity contribution is -0.127. The molecule has 0 fully saturated rings. The fraction of sp³-hybridized carbons (Fsp3) is 0.263. The summed E-state index contributed by atoms with van der Waals surface area (Å²) in [5.41, 5.74) is 8.24. The summed E-state index contributed by atoms with van der Waals surface area (Å²) in [6, 6.07) is 13.9. The third-order valence-corrected chi connectivity index (χ3v) is 3.86. The van der Waals surface area contributed by atoms with Gasteiger partial charge in [0.1, 0.15) is 11.8 Å². The molecule has 1 atom stereocenters. The number of carbonyl (C=O) groups is 2. The molecular formula is C19H22N2O3. The Kier molecular flexibility index (Phi) is 5.95. The molecule has 0 bridgehead atoms. The van der Waals surface area contributed by atoms with E-state index in [1.807, 2.05) is 38.1 Å². The van der Waals surface area contributed by atoms with Gasteiger partial charge in [-0.15, -0.1) is 0 Å². The molecule has 0 spiro atoms. The number of amides is 2. The van der Waals surface area contributed by atoms with Gasteiger partial charge in [-0.1, -0.05) is 42.5 Å². The number of hydrogen-bond acceptors (Lipinski definition) is 3. The molecule has 126 valence electrons. The highest BCUT2D eigenvalue weighted by atomic mass is 16.5. The number of carbonyl (C=O) groups excluding carboxylic acids is 2. The zero-order chi connectivity index (χ0) is 17.5. The van der Waals surface area contributed by atoms with Crippen LogP contribution in [0.2, 0.25) is 0 Å². The summed E-state index contributed by atoms with van der Waals surface area (Å²) in [6.45, 7) is 4.21. The van der Waals surface area contributed by atoms with E-state index in [-0.39, 0.29) is 18.9 Å². The molecule has 0 aromatic heterocycles. The van der Waals surface area contributed by atoms with Gasteiger partial charge in [0, 0.05) is 0 Å². The minimum atomic E-state index is -0.834. The molecule has 0 aliphatic rings. The lowest BCUT2D eigenvalue weighted by Crippen LogP contribution is -2.37. The van der Waals surface area contributed by atoms with E-state index in [1.165, 1.54) is 0 Å². The Hall–Kier alpha value is -2.82. The number of primary amides is 1. The Balaban J connectivity index is 1.90. The van der Waals surface area contributed by atoms with Crippen molar-refractivity contribution in [2.24, 2.45) is 5.73 Å². The summed E-state index contributed by atoms with van der Waals surface area (Å²) in [4.78, 5) is 23.7. The van der Waals surface area contributed by atoms with Gasteiger partial charge in [-0.2, -0.15) is 0 Å². The van der Waals surface area contributed by atoms with Crippen LogP contribution in [-0.4, -0.2) is 18.4 Å². The van der Waals surface area contributed by atoms with Gasteiger partial charge in [-0.05, 0) is 36.6 Å². The van der Waals surface area contributed by atoms with Crippen LogP contribution < -0.4 is 15.8 Å². The molecule has 5 nitrogen and oxygen atoms in total. The van der Waals surface area contributed by atoms with Crippen molar-refractivity contribution in [3.63, 3.8) is 0 Å². The van der Waals surface area contributed by atoms with Gasteiger partial charge in [0.25, 0.3) is 0 Å². The maximum Gasteiger partial charge on any atom is 0.244 e. The summed E-state index contributed by atoms with van der Waals surface area (Å²) in [5.74, 6) is -0.115. The van der Waals surface area contributed by atoms with Gasteiger partial charge in [-0.3, -0.25) is 9.59 Å². The SMILES string of the molecule is Cc1cccc(OCCC(=O)NC(C(N)=O)c2ccccc2)c1C. The van der Waals surface area contributed by atoms with E-state index >= 15 is 0 Å². The first kappa shape index (κ1) is 17.5. The topological polar surface area (TPSA) is 81.4 Å². The lowest BCUT2D eigenvalue weighted by atomic mass is 10.1. The average molecular weight is 326 g/mol. The third kappa shape index (κ3) is 4.59. The molecule has 2 amide bonds.